The molecule has 0 spiro atoms. The van der Waals surface area contributed by atoms with E-state index >= 15 is 0 Å². The molecule has 2 heterocycles. The molecule has 6 heteroatoms. The molecule has 0 atom stereocenters. The van der Waals surface area contributed by atoms with E-state index in [2.05, 4.69) is 145 Å². The van der Waals surface area contributed by atoms with Crippen LogP contribution in [0.3, 0.4) is 0 Å². The Labute approximate surface area is 361 Å². The summed E-state index contributed by atoms with van der Waals surface area (Å²) < 4.78 is 12.7. The van der Waals surface area contributed by atoms with Crippen LogP contribution in [-0.2, 0) is 10.8 Å². The highest BCUT2D eigenvalue weighted by Gasteiger charge is 2.26. The van der Waals surface area contributed by atoms with Gasteiger partial charge in [-0.15, -0.1) is 0 Å². The lowest BCUT2D eigenvalue weighted by molar-refractivity contribution is -0.384. The maximum Gasteiger partial charge on any atom is 0.273 e. The number of fused-ring (bicyclic) bond motifs is 6. The number of anilines is 1. The number of hydrogen-bond acceptors (Lipinski definition) is 5. The molecule has 2 N–H and O–H groups in total. The van der Waals surface area contributed by atoms with Gasteiger partial charge in [0.25, 0.3) is 5.69 Å². The van der Waals surface area contributed by atoms with Gasteiger partial charge in [-0.1, -0.05) is 175 Å². The number of nitro groups is 1. The van der Waals surface area contributed by atoms with E-state index in [4.69, 9.17) is 14.6 Å². The van der Waals surface area contributed by atoms with Gasteiger partial charge in [0.1, 0.15) is 22.3 Å². The highest BCUT2D eigenvalue weighted by atomic mass is 16.6. The zero-order valence-electron chi connectivity index (χ0n) is 35.8. The van der Waals surface area contributed by atoms with Gasteiger partial charge in [-0.05, 0) is 73.5 Å². The molecule has 0 radical (unpaired) electrons. The van der Waals surface area contributed by atoms with E-state index < -0.39 is 0 Å². The van der Waals surface area contributed by atoms with Crippen LogP contribution in [0.2, 0.25) is 0 Å². The molecule has 306 valence electrons. The number of nitro benzene ring substituents is 1. The number of nitrogens with two attached hydrogens (primary N) is 1. The average molecular weight is 813 g/mol. The van der Waals surface area contributed by atoms with E-state index in [-0.39, 0.29) is 21.4 Å². The predicted octanol–water partition coefficient (Wildman–Crippen LogP) is 15.9. The molecule has 10 rings (SSSR count). The van der Waals surface area contributed by atoms with Crippen LogP contribution in [0.1, 0.15) is 52.7 Å². The smallest absolute Gasteiger partial charge is 0.273 e. The summed E-state index contributed by atoms with van der Waals surface area (Å²) in [5.74, 6) is 0. The summed E-state index contributed by atoms with van der Waals surface area (Å²) >= 11 is 0. The fraction of sp³-hybridized carbons (Fsp3) is 0.143. The summed E-state index contributed by atoms with van der Waals surface area (Å²) in [6, 6.07) is 57.5. The molecule has 0 saturated heterocycles. The Morgan fingerprint density at radius 2 is 0.855 bits per heavy atom. The van der Waals surface area contributed by atoms with Crippen molar-refractivity contribution in [1.29, 1.82) is 0 Å². The molecule has 62 heavy (non-hydrogen) atoms. The van der Waals surface area contributed by atoms with Crippen molar-refractivity contribution in [3.63, 3.8) is 0 Å². The molecule has 0 saturated carbocycles. The largest absolute Gasteiger partial charge is 0.455 e. The number of hydrogen-bond donors (Lipinski definition) is 1. The van der Waals surface area contributed by atoms with Crippen molar-refractivity contribution in [3.05, 3.63) is 191 Å². The fourth-order valence-electron chi connectivity index (χ4n) is 8.60. The molecule has 2 aromatic heterocycles. The van der Waals surface area contributed by atoms with E-state index in [0.29, 0.717) is 5.58 Å². The number of rotatable bonds is 5. The van der Waals surface area contributed by atoms with E-state index in [1.165, 1.54) is 22.8 Å². The zero-order chi connectivity index (χ0) is 43.3. The number of benzene rings is 8. The number of nitrogen functional groups attached to an aromatic ring is 1. The first-order valence-electron chi connectivity index (χ1n) is 21.0. The maximum absolute atomic E-state index is 11.6. The van der Waals surface area contributed by atoms with Crippen molar-refractivity contribution in [3.8, 4) is 44.5 Å². The zero-order valence-corrected chi connectivity index (χ0v) is 35.8. The van der Waals surface area contributed by atoms with Gasteiger partial charge in [0.05, 0.1) is 11.0 Å². The molecule has 0 aliphatic rings. The molecule has 0 aliphatic heterocycles. The van der Waals surface area contributed by atoms with Gasteiger partial charge in [-0.25, -0.2) is 0 Å². The second kappa shape index (κ2) is 15.5. The summed E-state index contributed by atoms with van der Waals surface area (Å²) in [5.41, 5.74) is 20.8. The monoisotopic (exact) mass is 812 g/mol. The van der Waals surface area contributed by atoms with Gasteiger partial charge >= 0.3 is 0 Å². The first kappa shape index (κ1) is 40.0. The quantitative estimate of drug-likeness (QED) is 0.106. The van der Waals surface area contributed by atoms with Gasteiger partial charge in [-0.3, -0.25) is 10.1 Å². The molecule has 0 bridgehead atoms. The van der Waals surface area contributed by atoms with Gasteiger partial charge in [0, 0.05) is 50.5 Å². The summed E-state index contributed by atoms with van der Waals surface area (Å²) in [4.78, 5) is 11.2. The summed E-state index contributed by atoms with van der Waals surface area (Å²) in [5, 5.41) is 15.8. The van der Waals surface area contributed by atoms with Crippen LogP contribution in [0.25, 0.3) is 88.4 Å². The minimum Gasteiger partial charge on any atom is -0.455 e. The van der Waals surface area contributed by atoms with Crippen LogP contribution in [-0.4, -0.2) is 4.92 Å². The minimum absolute atomic E-state index is 0.0341. The minimum atomic E-state index is -0.355. The molecule has 10 aromatic rings. The van der Waals surface area contributed by atoms with Gasteiger partial charge in [-0.2, -0.15) is 0 Å². The van der Waals surface area contributed by atoms with Gasteiger partial charge in [0.15, 0.2) is 0 Å². The van der Waals surface area contributed by atoms with Crippen LogP contribution in [0.15, 0.2) is 179 Å². The highest BCUT2D eigenvalue weighted by molar-refractivity contribution is 6.13. The Kier molecular flexibility index (Phi) is 10.0. The van der Waals surface area contributed by atoms with Crippen molar-refractivity contribution in [1.82, 2.24) is 0 Å². The van der Waals surface area contributed by atoms with E-state index in [9.17, 15) is 10.1 Å². The lowest BCUT2D eigenvalue weighted by atomic mass is 9.83. The summed E-state index contributed by atoms with van der Waals surface area (Å²) in [6.07, 6.45) is 0. The Morgan fingerprint density at radius 1 is 0.452 bits per heavy atom. The lowest BCUT2D eigenvalue weighted by Crippen LogP contribution is -2.12. The van der Waals surface area contributed by atoms with Crippen molar-refractivity contribution in [2.75, 3.05) is 5.73 Å². The van der Waals surface area contributed by atoms with Crippen LogP contribution < -0.4 is 5.73 Å². The Hall–Kier alpha value is -7.44. The van der Waals surface area contributed by atoms with E-state index in [1.807, 2.05) is 54.6 Å². The molecule has 6 nitrogen and oxygen atoms in total. The van der Waals surface area contributed by atoms with Crippen molar-refractivity contribution in [2.45, 2.75) is 52.4 Å². The molecule has 8 aromatic carbocycles. The van der Waals surface area contributed by atoms with Crippen molar-refractivity contribution < 1.29 is 13.8 Å². The fourth-order valence-corrected chi connectivity index (χ4v) is 8.60. The standard InChI is InChI=1S/C28H23NO3.C28H25NO/c1-28(2,3)24-16-21(29(30)31)17-25-26(24)23-14-8-13-22(27(23)32-25)20-12-7-11-19(15-20)18-9-5-4-6-10-18;1-28(2,3)24-16-21(29)17-25-26(24)23-14-8-13-22(27(23)30-25)20-12-7-11-19(15-20)18-9-5-4-6-10-18/h4-17H,1-3H3;4-17H,29H2,1-3H3. The first-order valence-corrected chi connectivity index (χ1v) is 21.0. The van der Waals surface area contributed by atoms with Crippen molar-refractivity contribution >= 4 is 55.3 Å². The molecular weight excluding hydrogens is 765 g/mol. The maximum atomic E-state index is 11.6. The molecule has 0 amide bonds. The Bertz CT molecular complexity index is 3290. The van der Waals surface area contributed by atoms with E-state index in [1.54, 1.807) is 6.07 Å². The second-order valence-corrected chi connectivity index (χ2v) is 18.0. The number of furan rings is 2. The number of para-hydroxylation sites is 2. The molecule has 0 fully saturated rings. The highest BCUT2D eigenvalue weighted by Crippen LogP contribution is 2.44. The third-order valence-electron chi connectivity index (χ3n) is 11.6. The Morgan fingerprint density at radius 3 is 1.31 bits per heavy atom. The normalized spacial score (nSPS) is 11.9. The average Bonchev–Trinajstić information content (AvgIpc) is 3.84. The third-order valence-corrected chi connectivity index (χ3v) is 11.6. The predicted molar refractivity (Wildman–Crippen MR) is 258 cm³/mol. The van der Waals surface area contributed by atoms with Gasteiger partial charge < -0.3 is 14.6 Å². The van der Waals surface area contributed by atoms with Gasteiger partial charge in [0.2, 0.25) is 0 Å². The van der Waals surface area contributed by atoms with Crippen molar-refractivity contribution in [2.24, 2.45) is 0 Å². The Balaban J connectivity index is 0.000000158. The third kappa shape index (κ3) is 7.49. The van der Waals surface area contributed by atoms with Crippen LogP contribution in [0, 0.1) is 10.1 Å². The first-order chi connectivity index (χ1) is 29.7. The van der Waals surface area contributed by atoms with Crippen LogP contribution in [0.4, 0.5) is 11.4 Å². The topological polar surface area (TPSA) is 95.4 Å². The van der Waals surface area contributed by atoms with Crippen LogP contribution in [0.5, 0.6) is 0 Å². The lowest BCUT2D eigenvalue weighted by Gasteiger charge is -2.20. The van der Waals surface area contributed by atoms with Crippen LogP contribution >= 0.6 is 0 Å². The molecule has 0 aliphatic carbocycles. The summed E-state index contributed by atoms with van der Waals surface area (Å²) in [7, 11) is 0. The molecule has 0 unspecified atom stereocenters. The van der Waals surface area contributed by atoms with E-state index in [0.717, 1.165) is 82.9 Å². The number of non-ortho nitro benzene ring substituents is 1. The second-order valence-electron chi connectivity index (χ2n) is 18.0. The molecular formula is C56H48N2O4. The SMILES string of the molecule is CC(C)(C)c1cc(N)cc2oc3c(-c4cccc(-c5ccccc5)c4)cccc3c12.CC(C)(C)c1cc([N+](=O)[O-])cc2oc3c(-c4cccc(-c5ccccc5)c4)cccc3c12. The number of nitrogens with zero attached hydrogens (tertiary/aromatic N) is 1. The summed E-state index contributed by atoms with van der Waals surface area (Å²) in [6.45, 7) is 12.8.